The molecule has 0 radical (unpaired) electrons. The van der Waals surface area contributed by atoms with Crippen molar-refractivity contribution >= 4 is 33.4 Å². The Morgan fingerprint density at radius 2 is 0.793 bits per heavy atom. The molecule has 0 aromatic heterocycles. The van der Waals surface area contributed by atoms with Crippen molar-refractivity contribution < 1.29 is 60.7 Å². The normalized spacial score (nSPS) is 20.6. The number of nitrogens with one attached hydrogen (secondary N) is 2. The highest BCUT2D eigenvalue weighted by atomic mass is 16.4. The molecule has 4 rings (SSSR count). The summed E-state index contributed by atoms with van der Waals surface area (Å²) in [6, 6.07) is 19.1. The van der Waals surface area contributed by atoms with Crippen LogP contribution in [0.1, 0.15) is 77.6 Å². The van der Waals surface area contributed by atoms with Gasteiger partial charge in [-0.15, -0.1) is 0 Å². The molecule has 14 heteroatoms. The first-order valence-corrected chi connectivity index (χ1v) is 19.0. The van der Waals surface area contributed by atoms with Crippen molar-refractivity contribution in [2.24, 2.45) is 0 Å². The van der Waals surface area contributed by atoms with Gasteiger partial charge in [0.2, 0.25) is 0 Å². The summed E-state index contributed by atoms with van der Waals surface area (Å²) < 4.78 is 0. The lowest BCUT2D eigenvalue weighted by Crippen LogP contribution is -2.75. The molecule has 0 bridgehead atoms. The van der Waals surface area contributed by atoms with Crippen LogP contribution < -0.4 is 10.6 Å². The minimum absolute atomic E-state index is 0.0505. The number of fused-ring (bicyclic) bond motifs is 2. The van der Waals surface area contributed by atoms with Gasteiger partial charge >= 0.3 is 0 Å². The van der Waals surface area contributed by atoms with E-state index in [9.17, 15) is 60.7 Å². The maximum atomic E-state index is 13.3. The van der Waals surface area contributed by atoms with Crippen molar-refractivity contribution in [2.75, 3.05) is 13.2 Å². The van der Waals surface area contributed by atoms with Crippen molar-refractivity contribution in [1.29, 1.82) is 0 Å². The van der Waals surface area contributed by atoms with Crippen molar-refractivity contribution in [1.82, 2.24) is 10.6 Å². The van der Waals surface area contributed by atoms with Gasteiger partial charge in [0.05, 0.1) is 13.2 Å². The van der Waals surface area contributed by atoms with Gasteiger partial charge in [-0.25, -0.2) is 0 Å². The number of aryl methyl sites for hydroxylation is 2. The van der Waals surface area contributed by atoms with E-state index in [1.807, 2.05) is 74.5 Å². The molecule has 0 aliphatic heterocycles. The third-order valence-corrected chi connectivity index (χ3v) is 13.1. The van der Waals surface area contributed by atoms with Gasteiger partial charge in [0.1, 0.15) is 33.6 Å². The van der Waals surface area contributed by atoms with Gasteiger partial charge in [0.25, 0.3) is 11.8 Å². The number of amides is 2. The molecule has 0 aliphatic rings. The zero-order valence-corrected chi connectivity index (χ0v) is 34.9. The minimum atomic E-state index is -2.60. The van der Waals surface area contributed by atoms with E-state index in [-0.39, 0.29) is 13.1 Å². The maximum Gasteiger partial charge on any atom is 0.255 e. The van der Waals surface area contributed by atoms with Crippen LogP contribution in [-0.4, -0.2) is 121 Å². The second-order valence-electron chi connectivity index (χ2n) is 17.3. The maximum absolute atomic E-state index is 13.3. The summed E-state index contributed by atoms with van der Waals surface area (Å²) in [4.78, 5) is 26.5. The highest BCUT2D eigenvalue weighted by Crippen LogP contribution is 2.42. The molecule has 12 N–H and O–H groups in total. The van der Waals surface area contributed by atoms with Crippen LogP contribution in [0.2, 0.25) is 0 Å². The van der Waals surface area contributed by atoms with Crippen LogP contribution in [0.5, 0.6) is 0 Å². The van der Waals surface area contributed by atoms with Crippen LogP contribution in [0.3, 0.4) is 0 Å². The first-order valence-electron chi connectivity index (χ1n) is 19.0. The van der Waals surface area contributed by atoms with Gasteiger partial charge in [0, 0.05) is 13.1 Å². The number of aliphatic hydroxyl groups excluding tert-OH is 2. The Bertz CT molecular complexity index is 2050. The molecule has 318 valence electrons. The lowest BCUT2D eigenvalue weighted by Gasteiger charge is -2.51. The van der Waals surface area contributed by atoms with E-state index in [2.05, 4.69) is 10.6 Å². The minimum Gasteiger partial charge on any atom is -0.393 e. The van der Waals surface area contributed by atoms with E-state index in [4.69, 9.17) is 0 Å². The first-order chi connectivity index (χ1) is 26.4. The fourth-order valence-electron chi connectivity index (χ4n) is 7.32. The summed E-state index contributed by atoms with van der Waals surface area (Å²) in [5.41, 5.74) is -14.7. The van der Waals surface area contributed by atoms with Crippen molar-refractivity contribution in [2.45, 2.75) is 127 Å². The Hall–Kier alpha value is -4.06. The average molecular weight is 809 g/mol. The summed E-state index contributed by atoms with van der Waals surface area (Å²) in [7, 11) is 0. The largest absolute Gasteiger partial charge is 0.393 e. The van der Waals surface area contributed by atoms with Gasteiger partial charge in [-0.05, 0) is 136 Å². The second-order valence-corrected chi connectivity index (χ2v) is 17.3. The molecule has 0 saturated carbocycles. The van der Waals surface area contributed by atoms with Crippen LogP contribution in [0, 0.1) is 13.8 Å². The van der Waals surface area contributed by atoms with Crippen molar-refractivity contribution in [3.63, 3.8) is 0 Å². The number of carbonyl (C=O) groups excluding carboxylic acids is 2. The topological polar surface area (TPSA) is 260 Å². The first kappa shape index (κ1) is 46.6. The summed E-state index contributed by atoms with van der Waals surface area (Å²) in [5, 5.41) is 116. The van der Waals surface area contributed by atoms with Crippen LogP contribution in [0.4, 0.5) is 0 Å². The van der Waals surface area contributed by atoms with Gasteiger partial charge < -0.3 is 61.7 Å². The summed E-state index contributed by atoms with van der Waals surface area (Å²) >= 11 is 0. The van der Waals surface area contributed by atoms with Gasteiger partial charge in [0.15, 0.2) is 11.2 Å². The SMILES string of the molecule is Cc1ccc2cc(CNC(=O)C(C)(O)C(C)(O)C(C)(O)C(C)(O)CO)ccc2c1-c1c(C)ccc2cc(CNC(=O)C(C)(O)C(C)(O)C(C)(O)C(C)(O)CO)ccc12. The molecule has 0 aliphatic carbocycles. The quantitative estimate of drug-likeness (QED) is 0.0816. The molecule has 4 aromatic carbocycles. The van der Waals surface area contributed by atoms with Crippen LogP contribution >= 0.6 is 0 Å². The molecule has 0 heterocycles. The van der Waals surface area contributed by atoms with Gasteiger partial charge in [-0.3, -0.25) is 9.59 Å². The predicted octanol–water partition coefficient (Wildman–Crippen LogP) is 1.50. The smallest absolute Gasteiger partial charge is 0.255 e. The molecule has 14 nitrogen and oxygen atoms in total. The molecular weight excluding hydrogens is 748 g/mol. The molecule has 0 fully saturated rings. The number of carbonyl (C=O) groups is 2. The number of benzene rings is 4. The fraction of sp³-hybridized carbons (Fsp3) is 0.500. The zero-order valence-electron chi connectivity index (χ0n) is 34.9. The highest BCUT2D eigenvalue weighted by Gasteiger charge is 2.65. The lowest BCUT2D eigenvalue weighted by atomic mass is 9.66. The van der Waals surface area contributed by atoms with E-state index in [1.54, 1.807) is 0 Å². The van der Waals surface area contributed by atoms with Crippen LogP contribution in [0.15, 0.2) is 60.7 Å². The summed E-state index contributed by atoms with van der Waals surface area (Å²) in [5.74, 6) is -2.03. The molecular formula is C44H60N2O12. The van der Waals surface area contributed by atoms with Crippen LogP contribution in [-0.2, 0) is 22.7 Å². The monoisotopic (exact) mass is 808 g/mol. The summed E-state index contributed by atoms with van der Waals surface area (Å²) in [6.07, 6.45) is 0. The molecule has 4 aromatic rings. The third-order valence-electron chi connectivity index (χ3n) is 13.1. The molecule has 0 spiro atoms. The third kappa shape index (κ3) is 7.51. The second kappa shape index (κ2) is 15.5. The molecule has 2 amide bonds. The molecule has 58 heavy (non-hydrogen) atoms. The molecule has 0 saturated heterocycles. The molecule has 8 atom stereocenters. The number of hydrogen-bond donors (Lipinski definition) is 12. The van der Waals surface area contributed by atoms with Crippen molar-refractivity contribution in [3.8, 4) is 11.1 Å². The highest BCUT2D eigenvalue weighted by molar-refractivity contribution is 6.08. The fourth-order valence-corrected chi connectivity index (χ4v) is 7.32. The zero-order chi connectivity index (χ0) is 44.2. The summed E-state index contributed by atoms with van der Waals surface area (Å²) in [6.45, 7) is 10.2. The van der Waals surface area contributed by atoms with Crippen molar-refractivity contribution in [3.05, 3.63) is 82.9 Å². The Labute approximate surface area is 338 Å². The number of hydrogen-bond acceptors (Lipinski definition) is 12. The van der Waals surface area contributed by atoms with E-state index in [0.29, 0.717) is 11.1 Å². The predicted molar refractivity (Wildman–Crippen MR) is 219 cm³/mol. The molecule has 8 unspecified atom stereocenters. The van der Waals surface area contributed by atoms with Gasteiger partial charge in [-0.1, -0.05) is 48.5 Å². The standard InChI is InChI=1S/C44H60N2O12/c1-25-11-15-29-19-27(21-45-35(49)39(5,53)43(9,57)41(7,55)37(3,51)23-47)13-17-31(29)33(25)34-26(2)12-16-30-20-28(14-18-32(30)34)22-46-36(50)40(6,54)44(10,58)42(8,56)38(4,52)24-48/h11-20,47-48,51-58H,21-24H2,1-10H3,(H,45,49)(H,46,50). The average Bonchev–Trinajstić information content (AvgIpc) is 3.15. The Balaban J connectivity index is 1.62. The Kier molecular flexibility index (Phi) is 12.5. The van der Waals surface area contributed by atoms with E-state index in [1.165, 1.54) is 0 Å². The van der Waals surface area contributed by atoms with E-state index < -0.39 is 69.8 Å². The van der Waals surface area contributed by atoms with Gasteiger partial charge in [-0.2, -0.15) is 0 Å². The lowest BCUT2D eigenvalue weighted by molar-refractivity contribution is -0.279. The van der Waals surface area contributed by atoms with E-state index in [0.717, 1.165) is 99.2 Å². The number of rotatable bonds is 15. The Morgan fingerprint density at radius 3 is 1.09 bits per heavy atom. The number of aliphatic hydroxyl groups is 10. The van der Waals surface area contributed by atoms with Crippen LogP contribution in [0.25, 0.3) is 32.7 Å². The van der Waals surface area contributed by atoms with E-state index >= 15 is 0 Å². The Morgan fingerprint density at radius 1 is 0.483 bits per heavy atom.